The second-order valence-corrected chi connectivity index (χ2v) is 8.46. The van der Waals surface area contributed by atoms with Gasteiger partial charge in [0, 0.05) is 27.2 Å². The lowest BCUT2D eigenvalue weighted by atomic mass is 10.2. The highest BCUT2D eigenvalue weighted by Crippen LogP contribution is 2.24. The van der Waals surface area contributed by atoms with Gasteiger partial charge in [0.25, 0.3) is 0 Å². The summed E-state index contributed by atoms with van der Waals surface area (Å²) in [7, 11) is -0.428. The van der Waals surface area contributed by atoms with E-state index in [1.165, 1.54) is 0 Å². The van der Waals surface area contributed by atoms with Crippen LogP contribution in [0.2, 0.25) is 0 Å². The second-order valence-electron chi connectivity index (χ2n) is 6.70. The molecule has 1 atom stereocenters. The largest absolute Gasteiger partial charge is 0.573 e. The van der Waals surface area contributed by atoms with Crippen LogP contribution in [0.25, 0.3) is 0 Å². The van der Waals surface area contributed by atoms with Gasteiger partial charge in [-0.3, -0.25) is 9.69 Å². The molecule has 0 aromatic heterocycles. The molecule has 1 aliphatic heterocycles. The van der Waals surface area contributed by atoms with E-state index in [1.807, 2.05) is 4.90 Å². The Hall–Kier alpha value is -1.85. The molecule has 1 heterocycles. The van der Waals surface area contributed by atoms with Crippen molar-refractivity contribution in [1.29, 1.82) is 0 Å². The molecular formula is C17H24F3N3O4S. The molecule has 11 heteroatoms. The molecule has 0 bridgehead atoms. The lowest BCUT2D eigenvalue weighted by Gasteiger charge is -2.26. The van der Waals surface area contributed by atoms with Gasteiger partial charge in [0.2, 0.25) is 15.9 Å². The Kier molecular flexibility index (Phi) is 7.29. The zero-order valence-corrected chi connectivity index (χ0v) is 16.5. The Labute approximate surface area is 162 Å². The third-order valence-corrected chi connectivity index (χ3v) is 5.85. The molecule has 1 saturated heterocycles. The number of likely N-dealkylation sites (N-methyl/N-ethyl adjacent to an activating group) is 1. The Balaban J connectivity index is 1.84. The standard InChI is InChI=1S/C17H24F3N3O4S/c1-22(2)16(24)15-5-3-11-23(15)12-4-10-21-28(25,26)14-8-6-13(7-9-14)27-17(18,19)20/h6-9,15,21H,3-5,10-12H2,1-2H3. The normalized spacial score (nSPS) is 18.2. The molecule has 1 fully saturated rings. The van der Waals surface area contributed by atoms with Crippen LogP contribution in [0.1, 0.15) is 19.3 Å². The van der Waals surface area contributed by atoms with Gasteiger partial charge in [-0.1, -0.05) is 0 Å². The smallest absolute Gasteiger partial charge is 0.406 e. The van der Waals surface area contributed by atoms with Crippen LogP contribution >= 0.6 is 0 Å². The van der Waals surface area contributed by atoms with Gasteiger partial charge in [0.1, 0.15) is 5.75 Å². The Morgan fingerprint density at radius 2 is 1.93 bits per heavy atom. The van der Waals surface area contributed by atoms with Crippen LogP contribution in [0.3, 0.4) is 0 Å². The number of nitrogens with zero attached hydrogens (tertiary/aromatic N) is 2. The molecule has 1 amide bonds. The van der Waals surface area contributed by atoms with E-state index in [0.29, 0.717) is 13.0 Å². The molecule has 158 valence electrons. The van der Waals surface area contributed by atoms with E-state index in [4.69, 9.17) is 0 Å². The van der Waals surface area contributed by atoms with Crippen LogP contribution in [0.5, 0.6) is 5.75 Å². The molecule has 1 aromatic carbocycles. The van der Waals surface area contributed by atoms with Gasteiger partial charge in [0.05, 0.1) is 10.9 Å². The number of sulfonamides is 1. The first kappa shape index (κ1) is 22.4. The average Bonchev–Trinajstić information content (AvgIpc) is 3.05. The fraction of sp³-hybridized carbons (Fsp3) is 0.588. The van der Waals surface area contributed by atoms with Crippen molar-refractivity contribution in [3.63, 3.8) is 0 Å². The zero-order valence-electron chi connectivity index (χ0n) is 15.7. The number of hydrogen-bond donors (Lipinski definition) is 1. The third-order valence-electron chi connectivity index (χ3n) is 4.37. The number of benzene rings is 1. The first-order valence-electron chi connectivity index (χ1n) is 8.80. The predicted octanol–water partition coefficient (Wildman–Crippen LogP) is 1.81. The van der Waals surface area contributed by atoms with Gasteiger partial charge in [0.15, 0.2) is 0 Å². The van der Waals surface area contributed by atoms with Crippen molar-refractivity contribution in [2.24, 2.45) is 0 Å². The molecule has 28 heavy (non-hydrogen) atoms. The topological polar surface area (TPSA) is 79.0 Å². The van der Waals surface area contributed by atoms with E-state index >= 15 is 0 Å². The van der Waals surface area contributed by atoms with E-state index in [-0.39, 0.29) is 23.4 Å². The zero-order chi connectivity index (χ0) is 20.9. The first-order chi connectivity index (χ1) is 13.0. The SMILES string of the molecule is CN(C)C(=O)C1CCCN1CCCNS(=O)(=O)c1ccc(OC(F)(F)F)cc1. The van der Waals surface area contributed by atoms with Crippen molar-refractivity contribution in [3.8, 4) is 5.75 Å². The van der Waals surface area contributed by atoms with Crippen LogP contribution in [0.4, 0.5) is 13.2 Å². The monoisotopic (exact) mass is 423 g/mol. The summed E-state index contributed by atoms with van der Waals surface area (Å²) < 4.78 is 67.1. The Morgan fingerprint density at radius 3 is 2.50 bits per heavy atom. The van der Waals surface area contributed by atoms with Crippen LogP contribution in [0.15, 0.2) is 29.2 Å². The molecule has 2 rings (SSSR count). The minimum Gasteiger partial charge on any atom is -0.406 e. The molecule has 7 nitrogen and oxygen atoms in total. The predicted molar refractivity (Wildman–Crippen MR) is 96.2 cm³/mol. The molecule has 1 unspecified atom stereocenters. The number of ether oxygens (including phenoxy) is 1. The molecule has 1 N–H and O–H groups in total. The Morgan fingerprint density at radius 1 is 1.29 bits per heavy atom. The lowest BCUT2D eigenvalue weighted by molar-refractivity contribution is -0.274. The number of likely N-dealkylation sites (tertiary alicyclic amines) is 1. The van der Waals surface area contributed by atoms with Crippen molar-refractivity contribution >= 4 is 15.9 Å². The maximum absolute atomic E-state index is 12.2. The molecular weight excluding hydrogens is 399 g/mol. The van der Waals surface area contributed by atoms with E-state index in [9.17, 15) is 26.4 Å². The molecule has 1 aliphatic rings. The molecule has 1 aromatic rings. The Bertz CT molecular complexity index is 767. The van der Waals surface area contributed by atoms with Gasteiger partial charge >= 0.3 is 6.36 Å². The number of nitrogens with one attached hydrogen (secondary N) is 1. The highest BCUT2D eigenvalue weighted by atomic mass is 32.2. The summed E-state index contributed by atoms with van der Waals surface area (Å²) in [6, 6.07) is 3.83. The number of amides is 1. The third kappa shape index (κ3) is 6.35. The van der Waals surface area contributed by atoms with E-state index in [0.717, 1.165) is 43.7 Å². The summed E-state index contributed by atoms with van der Waals surface area (Å²) in [6.07, 6.45) is -2.62. The number of carbonyl (C=O) groups is 1. The van der Waals surface area contributed by atoms with Gasteiger partial charge in [-0.25, -0.2) is 13.1 Å². The summed E-state index contributed by atoms with van der Waals surface area (Å²) in [5, 5.41) is 0. The number of alkyl halides is 3. The number of hydrogen-bond acceptors (Lipinski definition) is 5. The maximum Gasteiger partial charge on any atom is 0.573 e. The highest BCUT2D eigenvalue weighted by molar-refractivity contribution is 7.89. The van der Waals surface area contributed by atoms with E-state index < -0.39 is 22.1 Å². The fourth-order valence-electron chi connectivity index (χ4n) is 3.06. The van der Waals surface area contributed by atoms with Crippen LogP contribution < -0.4 is 9.46 Å². The van der Waals surface area contributed by atoms with Crippen LogP contribution in [-0.4, -0.2) is 70.3 Å². The summed E-state index contributed by atoms with van der Waals surface area (Å²) in [4.78, 5) is 15.6. The molecule has 0 radical (unpaired) electrons. The second kappa shape index (κ2) is 9.10. The van der Waals surface area contributed by atoms with Crippen LogP contribution in [0, 0.1) is 0 Å². The number of halogens is 3. The van der Waals surface area contributed by atoms with E-state index in [2.05, 4.69) is 9.46 Å². The van der Waals surface area contributed by atoms with Crippen molar-refractivity contribution in [3.05, 3.63) is 24.3 Å². The van der Waals surface area contributed by atoms with Gasteiger partial charge < -0.3 is 9.64 Å². The maximum atomic E-state index is 12.2. The van der Waals surface area contributed by atoms with E-state index in [1.54, 1.807) is 19.0 Å². The lowest BCUT2D eigenvalue weighted by Crippen LogP contribution is -2.43. The summed E-state index contributed by atoms with van der Waals surface area (Å²) in [5.41, 5.74) is 0. The van der Waals surface area contributed by atoms with Crippen LogP contribution in [-0.2, 0) is 14.8 Å². The van der Waals surface area contributed by atoms with Gasteiger partial charge in [-0.2, -0.15) is 0 Å². The van der Waals surface area contributed by atoms with Crippen molar-refractivity contribution < 1.29 is 31.1 Å². The molecule has 0 aliphatic carbocycles. The van der Waals surface area contributed by atoms with Crippen molar-refractivity contribution in [2.45, 2.75) is 36.6 Å². The van der Waals surface area contributed by atoms with Gasteiger partial charge in [-0.05, 0) is 50.1 Å². The van der Waals surface area contributed by atoms with Crippen molar-refractivity contribution in [2.75, 3.05) is 33.7 Å². The number of rotatable bonds is 8. The quantitative estimate of drug-likeness (QED) is 0.646. The minimum absolute atomic E-state index is 0.0410. The first-order valence-corrected chi connectivity index (χ1v) is 10.3. The summed E-state index contributed by atoms with van der Waals surface area (Å²) in [6.45, 7) is 1.52. The molecule has 0 saturated carbocycles. The minimum atomic E-state index is -4.83. The highest BCUT2D eigenvalue weighted by Gasteiger charge is 2.32. The average molecular weight is 423 g/mol. The summed E-state index contributed by atoms with van der Waals surface area (Å²) >= 11 is 0. The fourth-order valence-corrected chi connectivity index (χ4v) is 4.14. The van der Waals surface area contributed by atoms with Crippen molar-refractivity contribution in [1.82, 2.24) is 14.5 Å². The molecule has 0 spiro atoms. The van der Waals surface area contributed by atoms with Gasteiger partial charge in [-0.15, -0.1) is 13.2 Å². The summed E-state index contributed by atoms with van der Waals surface area (Å²) in [5.74, 6) is -0.448. The number of carbonyl (C=O) groups excluding carboxylic acids is 1.